The Bertz CT molecular complexity index is 1880. The van der Waals surface area contributed by atoms with Crippen LogP contribution in [0, 0.1) is 13.8 Å². The van der Waals surface area contributed by atoms with Crippen molar-refractivity contribution < 1.29 is 24.2 Å². The molecule has 0 aliphatic rings. The molecule has 4 N–H and O–H groups in total. The van der Waals surface area contributed by atoms with Crippen LogP contribution in [0.25, 0.3) is 5.82 Å². The molecule has 2 atom stereocenters. The number of amides is 2. The van der Waals surface area contributed by atoms with Crippen LogP contribution in [0.15, 0.2) is 97.2 Å². The number of hydrogen-bond donors (Lipinski definition) is 4. The highest BCUT2D eigenvalue weighted by atomic mass is 16.5. The molecule has 2 aromatic heterocycles. The van der Waals surface area contributed by atoms with Crippen molar-refractivity contribution in [1.82, 2.24) is 25.5 Å². The van der Waals surface area contributed by atoms with Gasteiger partial charge in [-0.1, -0.05) is 48.5 Å². The van der Waals surface area contributed by atoms with Gasteiger partial charge >= 0.3 is 0 Å². The highest BCUT2D eigenvalue weighted by Gasteiger charge is 2.13. The van der Waals surface area contributed by atoms with Gasteiger partial charge in [-0.25, -0.2) is 4.98 Å². The summed E-state index contributed by atoms with van der Waals surface area (Å²) in [6.07, 6.45) is 2.13. The quantitative estimate of drug-likeness (QED) is 0.107. The molecule has 51 heavy (non-hydrogen) atoms. The number of carbonyl (C=O) groups is 2. The van der Waals surface area contributed by atoms with Gasteiger partial charge in [0.25, 0.3) is 5.91 Å². The van der Waals surface area contributed by atoms with Gasteiger partial charge in [-0.15, -0.1) is 0 Å². The zero-order chi connectivity index (χ0) is 36.3. The maximum atomic E-state index is 12.7. The molecule has 0 spiro atoms. The lowest BCUT2D eigenvalue weighted by Gasteiger charge is -2.18. The van der Waals surface area contributed by atoms with Crippen LogP contribution in [-0.4, -0.2) is 53.3 Å². The molecule has 2 amide bonds. The zero-order valence-corrected chi connectivity index (χ0v) is 29.9. The first-order valence-electron chi connectivity index (χ1n) is 17.1. The summed E-state index contributed by atoms with van der Waals surface area (Å²) in [6.45, 7) is 7.32. The van der Waals surface area contributed by atoms with Crippen LogP contribution in [0.2, 0.25) is 0 Å². The topological polar surface area (TPSA) is 127 Å². The van der Waals surface area contributed by atoms with Crippen LogP contribution in [0.5, 0.6) is 11.5 Å². The number of methoxy groups -OCH3 is 2. The van der Waals surface area contributed by atoms with Gasteiger partial charge in [-0.3, -0.25) is 9.59 Å². The summed E-state index contributed by atoms with van der Waals surface area (Å²) in [4.78, 5) is 29.9. The van der Waals surface area contributed by atoms with Crippen LogP contribution in [0.1, 0.15) is 62.6 Å². The molecule has 0 bridgehead atoms. The molecule has 10 nitrogen and oxygen atoms in total. The number of aliphatic hydroxyl groups excluding tert-OH is 1. The highest BCUT2D eigenvalue weighted by Crippen LogP contribution is 2.27. The van der Waals surface area contributed by atoms with Crippen LogP contribution in [0.4, 0.5) is 0 Å². The Morgan fingerprint density at radius 1 is 0.765 bits per heavy atom. The number of hydrogen-bond acceptors (Lipinski definition) is 7. The predicted molar refractivity (Wildman–Crippen MR) is 198 cm³/mol. The van der Waals surface area contributed by atoms with Crippen molar-refractivity contribution in [3.63, 3.8) is 0 Å². The van der Waals surface area contributed by atoms with E-state index in [1.807, 2.05) is 74.5 Å². The molecule has 5 aromatic rings. The van der Waals surface area contributed by atoms with Gasteiger partial charge in [0.2, 0.25) is 5.91 Å². The second kappa shape index (κ2) is 17.5. The monoisotopic (exact) mass is 689 g/mol. The van der Waals surface area contributed by atoms with Gasteiger partial charge in [0.05, 0.1) is 26.7 Å². The standard InChI is InChI=1S/C41H47N5O5/c1-27(42-26-36(47)35-17-19-39(43-25-35)46-28(2)6-7-29(46)3)20-30-8-10-31(11-9-30)22-40(48)44-23-32-12-15-34(16-13-32)41(49)45-24-33-14-18-37(50-4)38(21-33)51-5/h6-19,21,25,27,36,42,47H,20,22-24,26H2,1-5H3,(H,44,48)(H,45,49). The molecular formula is C41H47N5O5. The summed E-state index contributed by atoms with van der Waals surface area (Å²) in [6, 6.07) is 28.9. The fourth-order valence-corrected chi connectivity index (χ4v) is 5.90. The van der Waals surface area contributed by atoms with E-state index in [2.05, 4.69) is 44.6 Å². The summed E-state index contributed by atoms with van der Waals surface area (Å²) >= 11 is 0. The molecule has 0 aliphatic carbocycles. The SMILES string of the molecule is COc1ccc(CNC(=O)c2ccc(CNC(=O)Cc3ccc(CC(C)NCC(O)c4ccc(-n5c(C)ccc5C)nc4)cc3)cc2)cc1OC. The number of nitrogens with one attached hydrogen (secondary N) is 3. The van der Waals surface area contributed by atoms with Crippen molar-refractivity contribution in [1.29, 1.82) is 0 Å². The Balaban J connectivity index is 1.01. The Kier molecular flexibility index (Phi) is 12.6. The van der Waals surface area contributed by atoms with Crippen molar-refractivity contribution in [3.8, 4) is 17.3 Å². The smallest absolute Gasteiger partial charge is 0.251 e. The number of aromatic nitrogens is 2. The van der Waals surface area contributed by atoms with Gasteiger partial charge in [0, 0.05) is 54.4 Å². The van der Waals surface area contributed by atoms with E-state index in [0.717, 1.165) is 51.4 Å². The largest absolute Gasteiger partial charge is 0.493 e. The third-order valence-corrected chi connectivity index (χ3v) is 8.85. The molecule has 0 saturated heterocycles. The first-order chi connectivity index (χ1) is 24.6. The summed E-state index contributed by atoms with van der Waals surface area (Å²) in [5.41, 5.74) is 7.40. The van der Waals surface area contributed by atoms with Gasteiger partial charge in [0.15, 0.2) is 11.5 Å². The number of benzene rings is 3. The molecule has 0 radical (unpaired) electrons. The van der Waals surface area contributed by atoms with E-state index >= 15 is 0 Å². The number of rotatable bonds is 16. The van der Waals surface area contributed by atoms with Crippen LogP contribution in [0.3, 0.4) is 0 Å². The van der Waals surface area contributed by atoms with E-state index in [-0.39, 0.29) is 24.3 Å². The Labute approximate surface area is 299 Å². The highest BCUT2D eigenvalue weighted by molar-refractivity contribution is 5.94. The second-order valence-electron chi connectivity index (χ2n) is 12.8. The Morgan fingerprint density at radius 3 is 2.04 bits per heavy atom. The minimum Gasteiger partial charge on any atom is -0.493 e. The molecule has 0 aliphatic heterocycles. The summed E-state index contributed by atoms with van der Waals surface area (Å²) in [7, 11) is 3.15. The van der Waals surface area contributed by atoms with Crippen molar-refractivity contribution in [2.24, 2.45) is 0 Å². The zero-order valence-electron chi connectivity index (χ0n) is 29.9. The van der Waals surface area contributed by atoms with Gasteiger partial charge in [-0.05, 0) is 91.9 Å². The van der Waals surface area contributed by atoms with Gasteiger partial charge in [-0.2, -0.15) is 0 Å². The van der Waals surface area contributed by atoms with Crippen LogP contribution < -0.4 is 25.4 Å². The van der Waals surface area contributed by atoms with Crippen molar-refractivity contribution in [3.05, 3.63) is 142 Å². The molecule has 3 aromatic carbocycles. The van der Waals surface area contributed by atoms with E-state index < -0.39 is 6.10 Å². The third-order valence-electron chi connectivity index (χ3n) is 8.85. The van der Waals surface area contributed by atoms with E-state index in [9.17, 15) is 14.7 Å². The average Bonchev–Trinajstić information content (AvgIpc) is 3.49. The van der Waals surface area contributed by atoms with Crippen molar-refractivity contribution in [2.75, 3.05) is 20.8 Å². The van der Waals surface area contributed by atoms with Crippen molar-refractivity contribution >= 4 is 11.8 Å². The lowest BCUT2D eigenvalue weighted by molar-refractivity contribution is -0.120. The second-order valence-corrected chi connectivity index (χ2v) is 12.8. The molecule has 10 heteroatoms. The molecule has 266 valence electrons. The summed E-state index contributed by atoms with van der Waals surface area (Å²) in [5, 5.41) is 20.1. The van der Waals surface area contributed by atoms with E-state index in [0.29, 0.717) is 36.7 Å². The first-order valence-corrected chi connectivity index (χ1v) is 17.1. The molecule has 0 saturated carbocycles. The molecule has 2 heterocycles. The molecule has 0 fully saturated rings. The molecule has 2 unspecified atom stereocenters. The average molecular weight is 690 g/mol. The lowest BCUT2D eigenvalue weighted by atomic mass is 10.0. The van der Waals surface area contributed by atoms with Gasteiger partial charge in [0.1, 0.15) is 5.82 Å². The maximum absolute atomic E-state index is 12.7. The van der Waals surface area contributed by atoms with Crippen LogP contribution in [-0.2, 0) is 30.7 Å². The normalized spacial score (nSPS) is 12.2. The summed E-state index contributed by atoms with van der Waals surface area (Å²) < 4.78 is 12.7. The lowest BCUT2D eigenvalue weighted by Crippen LogP contribution is -2.32. The summed E-state index contributed by atoms with van der Waals surface area (Å²) in [5.74, 6) is 1.81. The Hall–Kier alpha value is -5.45. The fourth-order valence-electron chi connectivity index (χ4n) is 5.90. The number of aliphatic hydroxyl groups is 1. The van der Waals surface area contributed by atoms with Gasteiger partial charge < -0.3 is 35.1 Å². The third kappa shape index (κ3) is 10.1. The van der Waals surface area contributed by atoms with E-state index in [1.165, 1.54) is 0 Å². The molecular weight excluding hydrogens is 642 g/mol. The number of nitrogens with zero attached hydrogens (tertiary/aromatic N) is 2. The minimum absolute atomic E-state index is 0.0790. The number of aryl methyl sites for hydroxylation is 2. The predicted octanol–water partition coefficient (Wildman–Crippen LogP) is 5.55. The first kappa shape index (κ1) is 36.8. The fraction of sp³-hybridized carbons (Fsp3) is 0.293. The Morgan fingerprint density at radius 2 is 1.39 bits per heavy atom. The number of pyridine rings is 1. The number of ether oxygens (including phenoxy) is 2. The van der Waals surface area contributed by atoms with E-state index in [4.69, 9.17) is 9.47 Å². The van der Waals surface area contributed by atoms with Crippen LogP contribution >= 0.6 is 0 Å². The minimum atomic E-state index is -0.666. The number of carbonyl (C=O) groups excluding carboxylic acids is 2. The molecule has 5 rings (SSSR count). The van der Waals surface area contributed by atoms with E-state index in [1.54, 1.807) is 38.6 Å². The van der Waals surface area contributed by atoms with Crippen molar-refractivity contribution in [2.45, 2.75) is 58.8 Å². The maximum Gasteiger partial charge on any atom is 0.251 e.